The number of nitrogens with one attached hydrogen (secondary N) is 1. The fourth-order valence-corrected chi connectivity index (χ4v) is 2.91. The molecule has 142 valence electrons. The lowest BCUT2D eigenvalue weighted by molar-refractivity contribution is -0.123. The average molecular weight is 367 g/mol. The normalized spacial score (nSPS) is 11.1. The zero-order chi connectivity index (χ0) is 19.4. The van der Waals surface area contributed by atoms with E-state index in [0.717, 1.165) is 34.5 Å². The third-order valence-corrected chi connectivity index (χ3v) is 4.22. The van der Waals surface area contributed by atoms with E-state index in [4.69, 9.17) is 4.74 Å². The predicted molar refractivity (Wildman–Crippen MR) is 105 cm³/mol. The Morgan fingerprint density at radius 1 is 1.22 bits per heavy atom. The van der Waals surface area contributed by atoms with E-state index in [0.29, 0.717) is 12.4 Å². The maximum atomic E-state index is 11.9. The Hall–Kier alpha value is -2.93. The van der Waals surface area contributed by atoms with Gasteiger partial charge in [0.25, 0.3) is 5.91 Å². The monoisotopic (exact) mass is 367 g/mol. The largest absolute Gasteiger partial charge is 0.468 e. The van der Waals surface area contributed by atoms with Crippen LogP contribution < -0.4 is 10.1 Å². The molecule has 1 amide bonds. The van der Waals surface area contributed by atoms with Gasteiger partial charge in [0.15, 0.2) is 12.3 Å². The number of benzene rings is 1. The first-order chi connectivity index (χ1) is 13.0. The van der Waals surface area contributed by atoms with Crippen molar-refractivity contribution in [3.63, 3.8) is 0 Å². The summed E-state index contributed by atoms with van der Waals surface area (Å²) in [5.41, 5.74) is 3.58. The van der Waals surface area contributed by atoms with Crippen LogP contribution in [0.3, 0.4) is 0 Å². The van der Waals surface area contributed by atoms with Crippen LogP contribution in [0.15, 0.2) is 36.4 Å². The molecule has 1 N–H and O–H groups in total. The fraction of sp³-hybridized carbons (Fsp3) is 0.350. The van der Waals surface area contributed by atoms with Crippen molar-refractivity contribution >= 4 is 16.9 Å². The number of likely N-dealkylation sites (N-methyl/N-ethyl adjacent to an activating group) is 1. The van der Waals surface area contributed by atoms with Gasteiger partial charge in [-0.25, -0.2) is 4.68 Å². The highest BCUT2D eigenvalue weighted by atomic mass is 16.5. The molecule has 27 heavy (non-hydrogen) atoms. The topological polar surface area (TPSA) is 72.3 Å². The van der Waals surface area contributed by atoms with Gasteiger partial charge in [0.1, 0.15) is 0 Å². The number of hydrogen-bond donors (Lipinski definition) is 1. The summed E-state index contributed by atoms with van der Waals surface area (Å²) in [6.07, 6.45) is 0. The van der Waals surface area contributed by atoms with E-state index >= 15 is 0 Å². The number of amides is 1. The Kier molecular flexibility index (Phi) is 5.71. The highest BCUT2D eigenvalue weighted by Gasteiger charge is 2.15. The molecule has 0 aliphatic rings. The van der Waals surface area contributed by atoms with Gasteiger partial charge in [-0.2, -0.15) is 10.1 Å². The van der Waals surface area contributed by atoms with Gasteiger partial charge in [-0.15, -0.1) is 0 Å². The molecule has 2 aromatic heterocycles. The van der Waals surface area contributed by atoms with Crippen LogP contribution in [0.5, 0.6) is 5.88 Å². The quantitative estimate of drug-likeness (QED) is 0.692. The number of aromatic nitrogens is 3. The van der Waals surface area contributed by atoms with E-state index in [1.165, 1.54) is 0 Å². The number of carbonyl (C=O) groups is 1. The van der Waals surface area contributed by atoms with Crippen LogP contribution in [0, 0.1) is 13.8 Å². The van der Waals surface area contributed by atoms with Crippen molar-refractivity contribution in [2.75, 3.05) is 33.8 Å². The molecule has 3 rings (SSSR count). The summed E-state index contributed by atoms with van der Waals surface area (Å²) in [7, 11) is 3.92. The molecule has 2 heterocycles. The summed E-state index contributed by atoms with van der Waals surface area (Å²) in [6, 6.07) is 11.7. The Morgan fingerprint density at radius 3 is 2.67 bits per heavy atom. The fourth-order valence-electron chi connectivity index (χ4n) is 2.91. The molecule has 0 atom stereocenters. The van der Waals surface area contributed by atoms with Gasteiger partial charge in [-0.1, -0.05) is 18.2 Å². The minimum Gasteiger partial charge on any atom is -0.468 e. The second kappa shape index (κ2) is 8.18. The number of nitrogens with zero attached hydrogens (tertiary/aromatic N) is 4. The first-order valence-corrected chi connectivity index (χ1v) is 8.92. The summed E-state index contributed by atoms with van der Waals surface area (Å²) < 4.78 is 7.44. The third kappa shape index (κ3) is 4.43. The van der Waals surface area contributed by atoms with Crippen molar-refractivity contribution in [2.45, 2.75) is 13.8 Å². The summed E-state index contributed by atoms with van der Waals surface area (Å²) in [4.78, 5) is 18.5. The highest BCUT2D eigenvalue weighted by molar-refractivity contribution is 5.84. The zero-order valence-corrected chi connectivity index (χ0v) is 16.2. The number of rotatable bonds is 7. The van der Waals surface area contributed by atoms with Gasteiger partial charge in [0.05, 0.1) is 11.4 Å². The van der Waals surface area contributed by atoms with Crippen molar-refractivity contribution in [3.05, 3.63) is 47.7 Å². The average Bonchev–Trinajstić information content (AvgIpc) is 2.97. The second-order valence-corrected chi connectivity index (χ2v) is 6.75. The number of para-hydroxylation sites is 1. The first-order valence-electron chi connectivity index (χ1n) is 8.92. The van der Waals surface area contributed by atoms with E-state index in [9.17, 15) is 4.79 Å². The third-order valence-electron chi connectivity index (χ3n) is 4.22. The molecule has 0 spiro atoms. The molecule has 7 nitrogen and oxygen atoms in total. The minimum absolute atomic E-state index is 0.0656. The van der Waals surface area contributed by atoms with Gasteiger partial charge in [-0.05, 0) is 45.6 Å². The lowest BCUT2D eigenvalue weighted by Crippen LogP contribution is -2.34. The standard InChI is InChI=1S/C20H25N5O2/c1-14-12-18(27-13-17(26)21-10-11-24(3)4)22-20-19(14)15(2)23-25(20)16-8-6-5-7-9-16/h5-9,12H,10-11,13H2,1-4H3,(H,21,26). The van der Waals surface area contributed by atoms with Crippen LogP contribution in [0.4, 0.5) is 0 Å². The SMILES string of the molecule is Cc1cc(OCC(=O)NCCN(C)C)nc2c1c(C)nn2-c1ccccc1. The number of fused-ring (bicyclic) bond motifs is 1. The van der Waals surface area contributed by atoms with Crippen molar-refractivity contribution in [1.29, 1.82) is 0 Å². The molecule has 7 heteroatoms. The van der Waals surface area contributed by atoms with Gasteiger partial charge >= 0.3 is 0 Å². The molecular formula is C20H25N5O2. The van der Waals surface area contributed by atoms with Crippen LogP contribution in [-0.4, -0.2) is 59.4 Å². The number of hydrogen-bond acceptors (Lipinski definition) is 5. The molecule has 0 aliphatic heterocycles. The van der Waals surface area contributed by atoms with Crippen LogP contribution >= 0.6 is 0 Å². The molecule has 0 bridgehead atoms. The van der Waals surface area contributed by atoms with Crippen molar-refractivity contribution in [1.82, 2.24) is 25.0 Å². The smallest absolute Gasteiger partial charge is 0.258 e. The molecule has 0 saturated carbocycles. The van der Waals surface area contributed by atoms with Gasteiger partial charge in [-0.3, -0.25) is 4.79 Å². The van der Waals surface area contributed by atoms with E-state index in [1.54, 1.807) is 0 Å². The summed E-state index contributed by atoms with van der Waals surface area (Å²) in [5, 5.41) is 8.46. The molecule has 0 saturated heterocycles. The number of aryl methyl sites for hydroxylation is 2. The molecule has 0 radical (unpaired) electrons. The predicted octanol–water partition coefficient (Wildman–Crippen LogP) is 2.09. The van der Waals surface area contributed by atoms with Crippen molar-refractivity contribution in [3.8, 4) is 11.6 Å². The lowest BCUT2D eigenvalue weighted by atomic mass is 10.2. The second-order valence-electron chi connectivity index (χ2n) is 6.75. The molecule has 0 aliphatic carbocycles. The maximum Gasteiger partial charge on any atom is 0.258 e. The first kappa shape index (κ1) is 18.8. The highest BCUT2D eigenvalue weighted by Crippen LogP contribution is 2.26. The van der Waals surface area contributed by atoms with E-state index in [-0.39, 0.29) is 12.5 Å². The number of carbonyl (C=O) groups excluding carboxylic acids is 1. The van der Waals surface area contributed by atoms with Gasteiger partial charge in [0, 0.05) is 24.5 Å². The van der Waals surface area contributed by atoms with Crippen LogP contribution in [0.2, 0.25) is 0 Å². The molecule has 0 fully saturated rings. The number of ether oxygens (including phenoxy) is 1. The molecular weight excluding hydrogens is 342 g/mol. The van der Waals surface area contributed by atoms with Crippen molar-refractivity contribution in [2.24, 2.45) is 0 Å². The van der Waals surface area contributed by atoms with E-state index in [1.807, 2.05) is 73.9 Å². The molecule has 3 aromatic rings. The van der Waals surface area contributed by atoms with Crippen LogP contribution in [0.1, 0.15) is 11.3 Å². The zero-order valence-electron chi connectivity index (χ0n) is 16.2. The van der Waals surface area contributed by atoms with Crippen LogP contribution in [-0.2, 0) is 4.79 Å². The van der Waals surface area contributed by atoms with Gasteiger partial charge in [0.2, 0.25) is 5.88 Å². The lowest BCUT2D eigenvalue weighted by Gasteiger charge is -2.11. The van der Waals surface area contributed by atoms with E-state index < -0.39 is 0 Å². The van der Waals surface area contributed by atoms with Crippen molar-refractivity contribution < 1.29 is 9.53 Å². The number of pyridine rings is 1. The Morgan fingerprint density at radius 2 is 1.96 bits per heavy atom. The summed E-state index contributed by atoms with van der Waals surface area (Å²) >= 11 is 0. The molecule has 0 unspecified atom stereocenters. The minimum atomic E-state index is -0.163. The Labute approximate surface area is 159 Å². The Bertz CT molecular complexity index is 934. The van der Waals surface area contributed by atoms with E-state index in [2.05, 4.69) is 15.4 Å². The Balaban J connectivity index is 1.80. The van der Waals surface area contributed by atoms with Gasteiger partial charge < -0.3 is 15.0 Å². The van der Waals surface area contributed by atoms with Crippen LogP contribution in [0.25, 0.3) is 16.7 Å². The summed E-state index contributed by atoms with van der Waals surface area (Å²) in [6.45, 7) is 5.27. The summed E-state index contributed by atoms with van der Waals surface area (Å²) in [5.74, 6) is 0.254. The molecule has 1 aromatic carbocycles. The maximum absolute atomic E-state index is 11.9.